The molecule has 0 aromatic heterocycles. The predicted octanol–water partition coefficient (Wildman–Crippen LogP) is 2.90. The first-order valence-corrected chi connectivity index (χ1v) is 10.5. The second-order valence-electron chi connectivity index (χ2n) is 9.67. The highest BCUT2D eigenvalue weighted by atomic mass is 16.5. The average Bonchev–Trinajstić information content (AvgIpc) is 2.93. The Labute approximate surface area is 162 Å². The molecule has 0 aromatic carbocycles. The van der Waals surface area contributed by atoms with Crippen molar-refractivity contribution in [3.8, 4) is 0 Å². The number of aliphatic carboxylic acids is 1. The van der Waals surface area contributed by atoms with E-state index in [2.05, 4.69) is 6.92 Å². The zero-order valence-corrected chi connectivity index (χ0v) is 17.1. The number of carboxylic acids is 1. The Morgan fingerprint density at radius 3 is 2.52 bits per heavy atom. The molecule has 7 unspecified atom stereocenters. The monoisotopic (exact) mass is 377 g/mol. The molecule has 0 heterocycles. The summed E-state index contributed by atoms with van der Waals surface area (Å²) in [6.07, 6.45) is 5.89. The number of fused-ring (bicyclic) bond motifs is 3. The minimum Gasteiger partial charge on any atom is -0.550 e. The maximum absolute atomic E-state index is 12.8. The fourth-order valence-electron chi connectivity index (χ4n) is 7.11. The van der Waals surface area contributed by atoms with Crippen molar-refractivity contribution in [3.63, 3.8) is 0 Å². The van der Waals surface area contributed by atoms with Gasteiger partial charge in [-0.15, -0.1) is 0 Å². The molecular weight excluding hydrogens is 344 g/mol. The van der Waals surface area contributed by atoms with Gasteiger partial charge in [0.15, 0.2) is 0 Å². The molecule has 0 bridgehead atoms. The van der Waals surface area contributed by atoms with Crippen LogP contribution < -0.4 is 5.11 Å². The molecule has 0 N–H and O–H groups in total. The standard InChI is InChI=1S/C22H34O5/c1-13(27-14(2)23)16-6-7-17-15-5-8-19(24)22(4,12-10-20(25)26)18(15)9-11-21(16,17)3/h13,15-18H,5-12H2,1-4H3,(H,25,26)/p-1. The zero-order valence-electron chi connectivity index (χ0n) is 17.1. The number of ketones is 1. The van der Waals surface area contributed by atoms with Crippen molar-refractivity contribution in [1.29, 1.82) is 0 Å². The number of carbonyl (C=O) groups excluding carboxylic acids is 3. The smallest absolute Gasteiger partial charge is 0.302 e. The Morgan fingerprint density at radius 1 is 1.19 bits per heavy atom. The predicted molar refractivity (Wildman–Crippen MR) is 98.4 cm³/mol. The Morgan fingerprint density at radius 2 is 1.89 bits per heavy atom. The van der Waals surface area contributed by atoms with Crippen molar-refractivity contribution in [3.05, 3.63) is 0 Å². The van der Waals surface area contributed by atoms with Gasteiger partial charge in [0.2, 0.25) is 0 Å². The van der Waals surface area contributed by atoms with Crippen LogP contribution in [0, 0.1) is 34.5 Å². The molecule has 5 nitrogen and oxygen atoms in total. The molecule has 5 heteroatoms. The number of esters is 1. The number of rotatable bonds is 5. The second kappa shape index (κ2) is 7.21. The van der Waals surface area contributed by atoms with Gasteiger partial charge in [-0.3, -0.25) is 9.59 Å². The summed E-state index contributed by atoms with van der Waals surface area (Å²) in [6, 6.07) is 0. The minimum atomic E-state index is -1.07. The van der Waals surface area contributed by atoms with E-state index in [0.29, 0.717) is 30.6 Å². The van der Waals surface area contributed by atoms with E-state index in [9.17, 15) is 19.5 Å². The van der Waals surface area contributed by atoms with Gasteiger partial charge in [0, 0.05) is 30.6 Å². The summed E-state index contributed by atoms with van der Waals surface area (Å²) in [5.41, 5.74) is -0.407. The van der Waals surface area contributed by atoms with Gasteiger partial charge in [0.1, 0.15) is 11.9 Å². The van der Waals surface area contributed by atoms with E-state index in [1.807, 2.05) is 13.8 Å². The summed E-state index contributed by atoms with van der Waals surface area (Å²) in [6.45, 7) is 7.82. The molecule has 0 aliphatic heterocycles. The fraction of sp³-hybridized carbons (Fsp3) is 0.864. The lowest BCUT2D eigenvalue weighted by Crippen LogP contribution is -2.53. The lowest BCUT2D eigenvalue weighted by Gasteiger charge is -2.56. The van der Waals surface area contributed by atoms with Crippen LogP contribution in [0.4, 0.5) is 0 Å². The fourth-order valence-corrected chi connectivity index (χ4v) is 7.11. The van der Waals surface area contributed by atoms with E-state index in [1.165, 1.54) is 6.92 Å². The normalized spacial score (nSPS) is 42.1. The van der Waals surface area contributed by atoms with Crippen LogP contribution in [0.1, 0.15) is 79.1 Å². The van der Waals surface area contributed by atoms with Crippen molar-refractivity contribution < 1.29 is 24.2 Å². The molecule has 3 saturated carbocycles. The van der Waals surface area contributed by atoms with Crippen LogP contribution >= 0.6 is 0 Å². The summed E-state index contributed by atoms with van der Waals surface area (Å²) < 4.78 is 5.54. The number of ether oxygens (including phenoxy) is 1. The molecule has 0 aromatic rings. The van der Waals surface area contributed by atoms with Gasteiger partial charge in [0.25, 0.3) is 0 Å². The van der Waals surface area contributed by atoms with Crippen LogP contribution in [-0.2, 0) is 19.1 Å². The second-order valence-corrected chi connectivity index (χ2v) is 9.67. The molecular formula is C22H33O5-. The van der Waals surface area contributed by atoms with Crippen LogP contribution in [0.2, 0.25) is 0 Å². The van der Waals surface area contributed by atoms with Crippen molar-refractivity contribution in [2.45, 2.75) is 85.2 Å². The quantitative estimate of drug-likeness (QED) is 0.688. The topological polar surface area (TPSA) is 83.5 Å². The Hall–Kier alpha value is -1.39. The minimum absolute atomic E-state index is 0.0422. The molecule has 27 heavy (non-hydrogen) atoms. The Balaban J connectivity index is 1.82. The third kappa shape index (κ3) is 3.42. The Bertz CT molecular complexity index is 628. The van der Waals surface area contributed by atoms with Crippen LogP contribution in [0.15, 0.2) is 0 Å². The summed E-state index contributed by atoms with van der Waals surface area (Å²) in [4.78, 5) is 35.2. The third-order valence-electron chi connectivity index (χ3n) is 8.44. The molecule has 152 valence electrons. The van der Waals surface area contributed by atoms with Gasteiger partial charge >= 0.3 is 5.97 Å². The molecule has 7 atom stereocenters. The number of hydrogen-bond donors (Lipinski definition) is 0. The van der Waals surface area contributed by atoms with Crippen molar-refractivity contribution in [1.82, 2.24) is 0 Å². The first-order valence-electron chi connectivity index (χ1n) is 10.5. The van der Waals surface area contributed by atoms with Gasteiger partial charge < -0.3 is 14.6 Å². The van der Waals surface area contributed by atoms with Crippen LogP contribution in [0.5, 0.6) is 0 Å². The van der Waals surface area contributed by atoms with Gasteiger partial charge in [0.05, 0.1) is 0 Å². The largest absolute Gasteiger partial charge is 0.550 e. The maximum atomic E-state index is 12.8. The number of hydrogen-bond acceptors (Lipinski definition) is 5. The van der Waals surface area contributed by atoms with Crippen LogP contribution in [-0.4, -0.2) is 23.8 Å². The third-order valence-corrected chi connectivity index (χ3v) is 8.44. The maximum Gasteiger partial charge on any atom is 0.302 e. The van der Waals surface area contributed by atoms with Gasteiger partial charge in [-0.2, -0.15) is 0 Å². The molecule has 3 aliphatic rings. The van der Waals surface area contributed by atoms with Gasteiger partial charge in [-0.05, 0) is 75.0 Å². The van der Waals surface area contributed by atoms with E-state index in [0.717, 1.165) is 32.1 Å². The number of carbonyl (C=O) groups is 3. The molecule has 3 aliphatic carbocycles. The van der Waals surface area contributed by atoms with E-state index in [1.54, 1.807) is 0 Å². The van der Waals surface area contributed by atoms with Gasteiger partial charge in [-0.25, -0.2) is 0 Å². The molecule has 0 saturated heterocycles. The highest BCUT2D eigenvalue weighted by Gasteiger charge is 2.60. The molecule has 0 spiro atoms. The first kappa shape index (κ1) is 20.3. The lowest BCUT2D eigenvalue weighted by atomic mass is 9.48. The highest BCUT2D eigenvalue weighted by Crippen LogP contribution is 2.65. The summed E-state index contributed by atoms with van der Waals surface area (Å²) in [5.74, 6) is 0.552. The summed E-state index contributed by atoms with van der Waals surface area (Å²) in [5, 5.41) is 11.0. The summed E-state index contributed by atoms with van der Waals surface area (Å²) in [7, 11) is 0. The number of carboxylic acid groups (broad SMARTS) is 1. The van der Waals surface area contributed by atoms with E-state index < -0.39 is 11.4 Å². The molecule has 0 radical (unpaired) electrons. The zero-order chi connectivity index (χ0) is 20.0. The first-order chi connectivity index (χ1) is 12.6. The van der Waals surface area contributed by atoms with E-state index in [-0.39, 0.29) is 35.6 Å². The molecule has 3 fully saturated rings. The van der Waals surface area contributed by atoms with Crippen LogP contribution in [0.3, 0.4) is 0 Å². The van der Waals surface area contributed by atoms with Crippen molar-refractivity contribution in [2.24, 2.45) is 34.5 Å². The lowest BCUT2D eigenvalue weighted by molar-refractivity contribution is -0.306. The molecule has 0 amide bonds. The van der Waals surface area contributed by atoms with Crippen molar-refractivity contribution in [2.75, 3.05) is 0 Å². The average molecular weight is 378 g/mol. The number of Topliss-reactive ketones (excluding diaryl/α,β-unsaturated/α-hetero) is 1. The van der Waals surface area contributed by atoms with E-state index >= 15 is 0 Å². The Kier molecular flexibility index (Phi) is 5.44. The van der Waals surface area contributed by atoms with Gasteiger partial charge in [-0.1, -0.05) is 13.8 Å². The highest BCUT2D eigenvalue weighted by molar-refractivity contribution is 5.86. The SMILES string of the molecule is CC(=O)OC(C)C1CCC2C3CCC(=O)C(C)(CCC(=O)[O-])C3CCC12C. The summed E-state index contributed by atoms with van der Waals surface area (Å²) >= 11 is 0. The molecule has 3 rings (SSSR count). The van der Waals surface area contributed by atoms with Crippen LogP contribution in [0.25, 0.3) is 0 Å². The van der Waals surface area contributed by atoms with E-state index in [4.69, 9.17) is 4.74 Å². The van der Waals surface area contributed by atoms with Crippen molar-refractivity contribution >= 4 is 17.7 Å².